The van der Waals surface area contributed by atoms with E-state index < -0.39 is 0 Å². The average Bonchev–Trinajstić information content (AvgIpc) is 3.29. The van der Waals surface area contributed by atoms with E-state index in [0.717, 1.165) is 21.5 Å². The quantitative estimate of drug-likeness (QED) is 0.608. The molecule has 1 amide bonds. The van der Waals surface area contributed by atoms with Crippen LogP contribution >= 0.6 is 11.5 Å². The molecule has 7 heteroatoms. The predicted molar refractivity (Wildman–Crippen MR) is 95.3 cm³/mol. The largest absolute Gasteiger partial charge is 0.359 e. The van der Waals surface area contributed by atoms with Crippen molar-refractivity contribution in [2.24, 2.45) is 0 Å². The third-order valence-corrected chi connectivity index (χ3v) is 4.62. The summed E-state index contributed by atoms with van der Waals surface area (Å²) in [6, 6.07) is 15.3. The molecule has 0 atom stereocenters. The van der Waals surface area contributed by atoms with Gasteiger partial charge in [-0.05, 0) is 30.6 Å². The number of hydrogen-bond acceptors (Lipinski definition) is 6. The van der Waals surface area contributed by atoms with Crippen LogP contribution in [0.2, 0.25) is 0 Å². The highest BCUT2D eigenvalue weighted by Gasteiger charge is 2.13. The summed E-state index contributed by atoms with van der Waals surface area (Å²) in [6.45, 7) is 2.30. The number of benzene rings is 2. The number of aromatic nitrogens is 3. The second-order valence-electron chi connectivity index (χ2n) is 5.65. The van der Waals surface area contributed by atoms with Gasteiger partial charge < -0.3 is 9.84 Å². The van der Waals surface area contributed by atoms with Gasteiger partial charge in [0.15, 0.2) is 5.76 Å². The smallest absolute Gasteiger partial charge is 0.253 e. The second kappa shape index (κ2) is 6.45. The van der Waals surface area contributed by atoms with E-state index in [1.807, 2.05) is 43.3 Å². The van der Waals surface area contributed by atoms with Crippen molar-refractivity contribution in [3.8, 4) is 11.3 Å². The van der Waals surface area contributed by atoms with Crippen molar-refractivity contribution in [3.05, 3.63) is 65.4 Å². The summed E-state index contributed by atoms with van der Waals surface area (Å²) in [4.78, 5) is 12.4. The molecule has 0 unspecified atom stereocenters. The van der Waals surface area contributed by atoms with E-state index >= 15 is 0 Å². The molecule has 0 aliphatic heterocycles. The molecule has 0 radical (unpaired) electrons. The average molecular weight is 350 g/mol. The molecule has 0 spiro atoms. The van der Waals surface area contributed by atoms with Crippen LogP contribution in [0.25, 0.3) is 21.5 Å². The first-order chi connectivity index (χ1) is 12.2. The summed E-state index contributed by atoms with van der Waals surface area (Å²) >= 11 is 1.21. The Morgan fingerprint density at radius 2 is 2.04 bits per heavy atom. The summed E-state index contributed by atoms with van der Waals surface area (Å²) in [5.74, 6) is 0.406. The van der Waals surface area contributed by atoms with Gasteiger partial charge in [-0.3, -0.25) is 4.79 Å². The number of amides is 1. The predicted octanol–water partition coefficient (Wildman–Crippen LogP) is 3.58. The van der Waals surface area contributed by atoms with Crippen LogP contribution < -0.4 is 5.32 Å². The van der Waals surface area contributed by atoms with Crippen LogP contribution in [0.1, 0.15) is 21.7 Å². The zero-order valence-corrected chi connectivity index (χ0v) is 14.2. The highest BCUT2D eigenvalue weighted by Crippen LogP contribution is 2.21. The zero-order chi connectivity index (χ0) is 17.2. The van der Waals surface area contributed by atoms with Gasteiger partial charge in [-0.25, -0.2) is 0 Å². The van der Waals surface area contributed by atoms with Crippen LogP contribution in [0.5, 0.6) is 0 Å². The minimum Gasteiger partial charge on any atom is -0.359 e. The molecule has 4 rings (SSSR count). The normalized spacial score (nSPS) is 10.9. The Labute approximate surface area is 147 Å². The van der Waals surface area contributed by atoms with Gasteiger partial charge >= 0.3 is 0 Å². The van der Waals surface area contributed by atoms with Gasteiger partial charge in [0.2, 0.25) is 0 Å². The summed E-state index contributed by atoms with van der Waals surface area (Å²) in [7, 11) is 0. The lowest BCUT2D eigenvalue weighted by Gasteiger charge is -2.03. The van der Waals surface area contributed by atoms with Crippen molar-refractivity contribution in [2.45, 2.75) is 13.5 Å². The molecule has 0 aliphatic carbocycles. The Kier molecular flexibility index (Phi) is 3.99. The van der Waals surface area contributed by atoms with Crippen molar-refractivity contribution in [3.63, 3.8) is 0 Å². The van der Waals surface area contributed by atoms with Crippen molar-refractivity contribution in [1.29, 1.82) is 0 Å². The molecule has 0 bridgehead atoms. The molecule has 0 fully saturated rings. The highest BCUT2D eigenvalue weighted by atomic mass is 32.1. The summed E-state index contributed by atoms with van der Waals surface area (Å²) in [5, 5.41) is 10.9. The van der Waals surface area contributed by atoms with E-state index in [4.69, 9.17) is 4.52 Å². The van der Waals surface area contributed by atoms with Crippen molar-refractivity contribution < 1.29 is 9.32 Å². The molecule has 25 heavy (non-hydrogen) atoms. The topological polar surface area (TPSA) is 80.9 Å². The van der Waals surface area contributed by atoms with Crippen LogP contribution in [-0.4, -0.2) is 20.7 Å². The van der Waals surface area contributed by atoms with Crippen LogP contribution in [0.4, 0.5) is 0 Å². The SMILES string of the molecule is Cc1ccc(-c2cc(CNC(=O)c3cccc4nnsc34)on2)cc1. The fourth-order valence-electron chi connectivity index (χ4n) is 2.50. The molecule has 6 nitrogen and oxygen atoms in total. The Morgan fingerprint density at radius 3 is 2.88 bits per heavy atom. The van der Waals surface area contributed by atoms with E-state index in [1.54, 1.807) is 12.1 Å². The standard InChI is InChI=1S/C18H14N4O2S/c1-11-5-7-12(8-6-11)16-9-13(24-21-16)10-19-18(23)14-3-2-4-15-17(14)25-22-20-15/h2-9H,10H2,1H3,(H,19,23). The molecule has 4 aromatic rings. The molecule has 0 saturated heterocycles. The molecule has 0 aliphatic rings. The fraction of sp³-hybridized carbons (Fsp3) is 0.111. The first-order valence-corrected chi connectivity index (χ1v) is 8.50. The van der Waals surface area contributed by atoms with Crippen molar-refractivity contribution >= 4 is 27.7 Å². The molecule has 124 valence electrons. The fourth-order valence-corrected chi connectivity index (χ4v) is 3.17. The number of rotatable bonds is 4. The zero-order valence-electron chi connectivity index (χ0n) is 13.4. The highest BCUT2D eigenvalue weighted by molar-refractivity contribution is 7.13. The second-order valence-corrected chi connectivity index (χ2v) is 6.41. The van der Waals surface area contributed by atoms with E-state index in [2.05, 4.69) is 20.1 Å². The number of aryl methyl sites for hydroxylation is 1. The van der Waals surface area contributed by atoms with Gasteiger partial charge in [0.25, 0.3) is 5.91 Å². The molecular weight excluding hydrogens is 336 g/mol. The lowest BCUT2D eigenvalue weighted by Crippen LogP contribution is -2.22. The van der Waals surface area contributed by atoms with E-state index in [0.29, 0.717) is 11.3 Å². The van der Waals surface area contributed by atoms with E-state index in [9.17, 15) is 4.79 Å². The Hall–Kier alpha value is -3.06. The Balaban J connectivity index is 1.47. The number of nitrogens with one attached hydrogen (secondary N) is 1. The van der Waals surface area contributed by atoms with Gasteiger partial charge in [0.1, 0.15) is 11.2 Å². The van der Waals surface area contributed by atoms with Gasteiger partial charge in [0, 0.05) is 11.6 Å². The molecular formula is C18H14N4O2S. The summed E-state index contributed by atoms with van der Waals surface area (Å²) < 4.78 is 9.99. The molecule has 2 heterocycles. The minimum atomic E-state index is -0.190. The van der Waals surface area contributed by atoms with Crippen LogP contribution in [0.15, 0.2) is 53.1 Å². The number of nitrogens with zero attached hydrogens (tertiary/aromatic N) is 3. The first kappa shape index (κ1) is 15.5. The number of hydrogen-bond donors (Lipinski definition) is 1. The number of fused-ring (bicyclic) bond motifs is 1. The summed E-state index contributed by atoms with van der Waals surface area (Å²) in [5.41, 5.74) is 4.20. The Morgan fingerprint density at radius 1 is 1.20 bits per heavy atom. The number of carbonyl (C=O) groups is 1. The van der Waals surface area contributed by atoms with E-state index in [-0.39, 0.29) is 12.5 Å². The monoisotopic (exact) mass is 350 g/mol. The maximum Gasteiger partial charge on any atom is 0.253 e. The first-order valence-electron chi connectivity index (χ1n) is 7.72. The van der Waals surface area contributed by atoms with Gasteiger partial charge in [-0.1, -0.05) is 45.5 Å². The van der Waals surface area contributed by atoms with Crippen LogP contribution in [0, 0.1) is 6.92 Å². The molecule has 1 N–H and O–H groups in total. The molecule has 2 aromatic carbocycles. The van der Waals surface area contributed by atoms with Crippen molar-refractivity contribution in [1.82, 2.24) is 20.1 Å². The third-order valence-electron chi connectivity index (χ3n) is 3.85. The third kappa shape index (κ3) is 3.14. The number of carbonyl (C=O) groups excluding carboxylic acids is 1. The minimum absolute atomic E-state index is 0.190. The molecule has 0 saturated carbocycles. The van der Waals surface area contributed by atoms with Crippen molar-refractivity contribution in [2.75, 3.05) is 0 Å². The van der Waals surface area contributed by atoms with Crippen LogP contribution in [0.3, 0.4) is 0 Å². The maximum absolute atomic E-state index is 12.4. The Bertz CT molecular complexity index is 1040. The lowest BCUT2D eigenvalue weighted by molar-refractivity contribution is 0.0949. The van der Waals surface area contributed by atoms with Crippen LogP contribution in [-0.2, 0) is 6.54 Å². The van der Waals surface area contributed by atoms with Gasteiger partial charge in [0.05, 0.1) is 16.8 Å². The molecule has 2 aromatic heterocycles. The van der Waals surface area contributed by atoms with Gasteiger partial charge in [-0.15, -0.1) is 5.10 Å². The van der Waals surface area contributed by atoms with Gasteiger partial charge in [-0.2, -0.15) is 0 Å². The maximum atomic E-state index is 12.4. The summed E-state index contributed by atoms with van der Waals surface area (Å²) in [6.07, 6.45) is 0. The lowest BCUT2D eigenvalue weighted by atomic mass is 10.1. The van der Waals surface area contributed by atoms with E-state index in [1.165, 1.54) is 17.1 Å².